The number of aryl methyl sites for hydroxylation is 3. The van der Waals surface area contributed by atoms with Gasteiger partial charge in [0.1, 0.15) is 0 Å². The third-order valence-electron chi connectivity index (χ3n) is 4.58. The van der Waals surface area contributed by atoms with Gasteiger partial charge in [-0.15, -0.1) is 0 Å². The van der Waals surface area contributed by atoms with Crippen LogP contribution in [0.25, 0.3) is 0 Å². The summed E-state index contributed by atoms with van der Waals surface area (Å²) in [4.78, 5) is 11.4. The molecular formula is C17H24O3. The first-order chi connectivity index (χ1) is 9.41. The van der Waals surface area contributed by atoms with Crippen LogP contribution < -0.4 is 0 Å². The Morgan fingerprint density at radius 2 is 1.70 bits per heavy atom. The average molecular weight is 276 g/mol. The number of hydrogen-bond acceptors (Lipinski definition) is 2. The summed E-state index contributed by atoms with van der Waals surface area (Å²) in [6, 6.07) is 4.12. The van der Waals surface area contributed by atoms with Crippen molar-refractivity contribution in [1.82, 2.24) is 0 Å². The van der Waals surface area contributed by atoms with Crippen LogP contribution in [0.2, 0.25) is 0 Å². The Kier molecular flexibility index (Phi) is 4.48. The molecule has 3 atom stereocenters. The quantitative estimate of drug-likeness (QED) is 0.887. The predicted octanol–water partition coefficient (Wildman–Crippen LogP) is 3.54. The molecule has 1 fully saturated rings. The van der Waals surface area contributed by atoms with Gasteiger partial charge in [0.15, 0.2) is 0 Å². The van der Waals surface area contributed by atoms with Gasteiger partial charge in [0.25, 0.3) is 0 Å². The normalized spacial score (nSPS) is 24.4. The number of aliphatic hydroxyl groups excluding tert-OH is 1. The van der Waals surface area contributed by atoms with E-state index in [1.807, 2.05) is 20.8 Å². The minimum atomic E-state index is -0.767. The Balaban J connectivity index is 2.34. The Labute approximate surface area is 120 Å². The summed E-state index contributed by atoms with van der Waals surface area (Å²) >= 11 is 0. The molecule has 1 aromatic carbocycles. The largest absolute Gasteiger partial charge is 0.481 e. The number of benzene rings is 1. The number of aliphatic hydroxyl groups is 1. The van der Waals surface area contributed by atoms with Gasteiger partial charge in [0, 0.05) is 5.92 Å². The molecule has 0 amide bonds. The van der Waals surface area contributed by atoms with Crippen molar-refractivity contribution in [1.29, 1.82) is 0 Å². The molecule has 0 radical (unpaired) electrons. The van der Waals surface area contributed by atoms with Crippen molar-refractivity contribution < 1.29 is 15.0 Å². The summed E-state index contributed by atoms with van der Waals surface area (Å²) in [5.41, 5.74) is 4.22. The van der Waals surface area contributed by atoms with Gasteiger partial charge in [0.05, 0.1) is 12.0 Å². The molecule has 20 heavy (non-hydrogen) atoms. The molecular weight excluding hydrogens is 252 g/mol. The topological polar surface area (TPSA) is 57.5 Å². The van der Waals surface area contributed by atoms with Crippen LogP contribution in [0.15, 0.2) is 12.1 Å². The van der Waals surface area contributed by atoms with Crippen LogP contribution in [0.4, 0.5) is 0 Å². The zero-order valence-corrected chi connectivity index (χ0v) is 12.5. The summed E-state index contributed by atoms with van der Waals surface area (Å²) in [6.07, 6.45) is 2.77. The molecule has 3 unspecified atom stereocenters. The van der Waals surface area contributed by atoms with E-state index < -0.39 is 18.0 Å². The number of hydrogen-bond donors (Lipinski definition) is 2. The molecule has 1 aromatic rings. The number of carboxylic acids is 1. The van der Waals surface area contributed by atoms with Crippen molar-refractivity contribution >= 4 is 5.97 Å². The van der Waals surface area contributed by atoms with Crippen molar-refractivity contribution in [3.8, 4) is 0 Å². The molecule has 0 heterocycles. The molecule has 110 valence electrons. The minimum Gasteiger partial charge on any atom is -0.481 e. The van der Waals surface area contributed by atoms with E-state index in [4.69, 9.17) is 0 Å². The molecule has 0 aliphatic heterocycles. The fourth-order valence-corrected chi connectivity index (χ4v) is 3.72. The van der Waals surface area contributed by atoms with Crippen LogP contribution in [0.1, 0.15) is 54.0 Å². The average Bonchev–Trinajstić information content (AvgIpc) is 2.37. The maximum absolute atomic E-state index is 11.4. The molecule has 1 aliphatic carbocycles. The van der Waals surface area contributed by atoms with Gasteiger partial charge < -0.3 is 10.2 Å². The lowest BCUT2D eigenvalue weighted by Gasteiger charge is -2.33. The fourth-order valence-electron chi connectivity index (χ4n) is 3.72. The number of rotatable bonds is 3. The van der Waals surface area contributed by atoms with Crippen molar-refractivity contribution in [2.75, 3.05) is 0 Å². The van der Waals surface area contributed by atoms with E-state index in [1.165, 1.54) is 5.56 Å². The number of carboxylic acid groups (broad SMARTS) is 1. The van der Waals surface area contributed by atoms with Gasteiger partial charge in [-0.2, -0.15) is 0 Å². The van der Waals surface area contributed by atoms with E-state index in [1.54, 1.807) is 0 Å². The van der Waals surface area contributed by atoms with Crippen molar-refractivity contribution in [2.45, 2.75) is 52.6 Å². The lowest BCUT2D eigenvalue weighted by atomic mass is 9.73. The third-order valence-corrected chi connectivity index (χ3v) is 4.58. The van der Waals surface area contributed by atoms with Crippen LogP contribution in [0.5, 0.6) is 0 Å². The highest BCUT2D eigenvalue weighted by molar-refractivity contribution is 5.70. The second-order valence-corrected chi connectivity index (χ2v) is 6.15. The second kappa shape index (κ2) is 5.96. The zero-order valence-electron chi connectivity index (χ0n) is 12.5. The highest BCUT2D eigenvalue weighted by Gasteiger charge is 2.37. The van der Waals surface area contributed by atoms with Crippen LogP contribution in [0, 0.1) is 32.6 Å². The van der Waals surface area contributed by atoms with E-state index in [0.717, 1.165) is 36.0 Å². The van der Waals surface area contributed by atoms with Crippen molar-refractivity contribution in [3.05, 3.63) is 34.4 Å². The molecule has 2 rings (SSSR count). The summed E-state index contributed by atoms with van der Waals surface area (Å²) < 4.78 is 0. The van der Waals surface area contributed by atoms with Gasteiger partial charge >= 0.3 is 5.97 Å². The van der Waals surface area contributed by atoms with Gasteiger partial charge in [-0.3, -0.25) is 4.79 Å². The molecule has 2 N–H and O–H groups in total. The minimum absolute atomic E-state index is 0.165. The molecule has 3 heteroatoms. The molecule has 1 aliphatic rings. The summed E-state index contributed by atoms with van der Waals surface area (Å²) in [6.45, 7) is 6.03. The van der Waals surface area contributed by atoms with Gasteiger partial charge in [-0.25, -0.2) is 0 Å². The smallest absolute Gasteiger partial charge is 0.306 e. The highest BCUT2D eigenvalue weighted by Crippen LogP contribution is 2.40. The molecule has 3 nitrogen and oxygen atoms in total. The fraction of sp³-hybridized carbons (Fsp3) is 0.588. The highest BCUT2D eigenvalue weighted by atomic mass is 16.4. The summed E-state index contributed by atoms with van der Waals surface area (Å²) in [5, 5.41) is 20.1. The van der Waals surface area contributed by atoms with Crippen LogP contribution in [0.3, 0.4) is 0 Å². The van der Waals surface area contributed by atoms with Crippen LogP contribution in [-0.4, -0.2) is 16.2 Å². The Hall–Kier alpha value is -1.35. The SMILES string of the molecule is Cc1cc(C)c(C(O)C2CCCCC2C(=O)O)c(C)c1. The summed E-state index contributed by atoms with van der Waals surface area (Å²) in [5.74, 6) is -1.35. The van der Waals surface area contributed by atoms with Gasteiger partial charge in [-0.1, -0.05) is 30.5 Å². The molecule has 1 saturated carbocycles. The molecule has 0 aromatic heterocycles. The summed E-state index contributed by atoms with van der Waals surface area (Å²) in [7, 11) is 0. The Morgan fingerprint density at radius 1 is 1.15 bits per heavy atom. The monoisotopic (exact) mass is 276 g/mol. The second-order valence-electron chi connectivity index (χ2n) is 6.15. The lowest BCUT2D eigenvalue weighted by Crippen LogP contribution is -2.32. The van der Waals surface area contributed by atoms with Gasteiger partial charge in [0.2, 0.25) is 0 Å². The van der Waals surface area contributed by atoms with Crippen LogP contribution >= 0.6 is 0 Å². The maximum Gasteiger partial charge on any atom is 0.306 e. The van der Waals surface area contributed by atoms with Gasteiger partial charge in [-0.05, 0) is 50.3 Å². The van der Waals surface area contributed by atoms with E-state index in [2.05, 4.69) is 12.1 Å². The van der Waals surface area contributed by atoms with E-state index >= 15 is 0 Å². The van der Waals surface area contributed by atoms with E-state index in [9.17, 15) is 15.0 Å². The molecule has 0 bridgehead atoms. The Bertz CT molecular complexity index is 484. The van der Waals surface area contributed by atoms with Crippen molar-refractivity contribution in [3.63, 3.8) is 0 Å². The Morgan fingerprint density at radius 3 is 2.25 bits per heavy atom. The first-order valence-electron chi connectivity index (χ1n) is 7.40. The van der Waals surface area contributed by atoms with Crippen LogP contribution in [-0.2, 0) is 4.79 Å². The third kappa shape index (κ3) is 2.88. The molecule has 0 saturated heterocycles. The van der Waals surface area contributed by atoms with E-state index in [0.29, 0.717) is 6.42 Å². The number of aliphatic carboxylic acids is 1. The standard InChI is InChI=1S/C17H24O3/c1-10-8-11(2)15(12(3)9-10)16(18)13-6-4-5-7-14(13)17(19)20/h8-9,13-14,16,18H,4-7H2,1-3H3,(H,19,20). The zero-order chi connectivity index (χ0) is 14.9. The lowest BCUT2D eigenvalue weighted by molar-refractivity contribution is -0.147. The maximum atomic E-state index is 11.4. The molecule has 0 spiro atoms. The number of carbonyl (C=O) groups is 1. The first-order valence-corrected chi connectivity index (χ1v) is 7.40. The van der Waals surface area contributed by atoms with E-state index in [-0.39, 0.29) is 5.92 Å². The first kappa shape index (κ1) is 15.0. The predicted molar refractivity (Wildman–Crippen MR) is 78.7 cm³/mol. The van der Waals surface area contributed by atoms with Crippen molar-refractivity contribution in [2.24, 2.45) is 11.8 Å².